The lowest BCUT2D eigenvalue weighted by atomic mass is 9.82. The summed E-state index contributed by atoms with van der Waals surface area (Å²) in [6.45, 7) is 6.02. The standard InChI is InChI=1S/C29H39ClN6O3/c1-3-39-28(37)15-20(2)34-21-7-9-22(10-8-21)35-27-16-23(24(30)17-32-27)25-5-4-6-26(36-25)33-19-29(18-31)11-13-38-14-12-29/h4-6,16-17,20-22,34H,3,7-15,19H2,1-2H3,(H,32,35)(H,33,36)/t20?,21-,22-. The Morgan fingerprint density at radius 1 is 1.23 bits per heavy atom. The minimum atomic E-state index is -0.436. The fourth-order valence-electron chi connectivity index (χ4n) is 5.29. The summed E-state index contributed by atoms with van der Waals surface area (Å²) in [4.78, 5) is 21.0. The molecule has 0 spiro atoms. The van der Waals surface area contributed by atoms with Gasteiger partial charge in [-0.1, -0.05) is 17.7 Å². The summed E-state index contributed by atoms with van der Waals surface area (Å²) >= 11 is 6.54. The van der Waals surface area contributed by atoms with E-state index in [0.29, 0.717) is 68.6 Å². The van der Waals surface area contributed by atoms with Crippen LogP contribution in [-0.2, 0) is 14.3 Å². The Kier molecular flexibility index (Phi) is 10.4. The number of carbonyl (C=O) groups is 1. The third-order valence-electron chi connectivity index (χ3n) is 7.55. The predicted octanol–water partition coefficient (Wildman–Crippen LogP) is 5.18. The molecule has 1 aliphatic carbocycles. The fraction of sp³-hybridized carbons (Fsp3) is 0.586. The zero-order valence-corrected chi connectivity index (χ0v) is 23.6. The number of esters is 1. The zero-order chi connectivity index (χ0) is 27.7. The van der Waals surface area contributed by atoms with Crippen LogP contribution in [0.1, 0.15) is 58.8 Å². The number of carbonyl (C=O) groups excluding carboxylic acids is 1. The van der Waals surface area contributed by atoms with E-state index in [1.165, 1.54) is 0 Å². The number of hydrogen-bond acceptors (Lipinski definition) is 9. The van der Waals surface area contributed by atoms with Crippen LogP contribution in [-0.4, -0.2) is 60.4 Å². The van der Waals surface area contributed by atoms with E-state index >= 15 is 0 Å². The van der Waals surface area contributed by atoms with Gasteiger partial charge in [-0.25, -0.2) is 9.97 Å². The molecule has 2 fully saturated rings. The second-order valence-electron chi connectivity index (χ2n) is 10.6. The number of ether oxygens (including phenoxy) is 2. The van der Waals surface area contributed by atoms with Crippen molar-refractivity contribution in [3.8, 4) is 17.3 Å². The molecule has 0 radical (unpaired) electrons. The summed E-state index contributed by atoms with van der Waals surface area (Å²) in [5.41, 5.74) is 1.12. The van der Waals surface area contributed by atoms with Crippen LogP contribution in [0.3, 0.4) is 0 Å². The van der Waals surface area contributed by atoms with Crippen molar-refractivity contribution >= 4 is 29.2 Å². The summed E-state index contributed by atoms with van der Waals surface area (Å²) in [5, 5.41) is 20.8. The molecule has 2 aromatic heterocycles. The first-order valence-corrected chi connectivity index (χ1v) is 14.3. The third kappa shape index (κ3) is 8.28. The number of anilines is 2. The molecule has 2 aromatic rings. The summed E-state index contributed by atoms with van der Waals surface area (Å²) < 4.78 is 10.5. The molecular formula is C29H39ClN6O3. The van der Waals surface area contributed by atoms with Crippen LogP contribution in [0.4, 0.5) is 11.6 Å². The first kappa shape index (κ1) is 29.1. The molecule has 0 aromatic carbocycles. The molecule has 3 N–H and O–H groups in total. The SMILES string of the molecule is CCOC(=O)CC(C)N[C@H]1CC[C@H](Nc2cc(-c3cccc(NCC4(C#N)CCOCC4)n3)c(Cl)cn2)CC1. The van der Waals surface area contributed by atoms with E-state index in [1.807, 2.05) is 38.1 Å². The highest BCUT2D eigenvalue weighted by atomic mass is 35.5. The molecule has 9 nitrogen and oxygen atoms in total. The van der Waals surface area contributed by atoms with E-state index in [1.54, 1.807) is 6.20 Å². The van der Waals surface area contributed by atoms with Gasteiger partial charge in [0.1, 0.15) is 11.6 Å². The van der Waals surface area contributed by atoms with Crippen LogP contribution in [0.2, 0.25) is 5.02 Å². The van der Waals surface area contributed by atoms with Gasteiger partial charge in [-0.2, -0.15) is 5.26 Å². The topological polar surface area (TPSA) is 121 Å². The van der Waals surface area contributed by atoms with E-state index < -0.39 is 5.41 Å². The Morgan fingerprint density at radius 2 is 1.97 bits per heavy atom. The largest absolute Gasteiger partial charge is 0.466 e. The van der Waals surface area contributed by atoms with Gasteiger partial charge in [0.05, 0.1) is 35.2 Å². The summed E-state index contributed by atoms with van der Waals surface area (Å²) in [7, 11) is 0. The Bertz CT molecular complexity index is 1140. The van der Waals surface area contributed by atoms with E-state index in [0.717, 1.165) is 42.8 Å². The summed E-state index contributed by atoms with van der Waals surface area (Å²) in [6.07, 6.45) is 7.55. The summed E-state index contributed by atoms with van der Waals surface area (Å²) in [6, 6.07) is 11.0. The Morgan fingerprint density at radius 3 is 2.69 bits per heavy atom. The van der Waals surface area contributed by atoms with E-state index in [2.05, 4.69) is 27.0 Å². The van der Waals surface area contributed by atoms with Crippen molar-refractivity contribution in [2.45, 2.75) is 76.9 Å². The number of halogens is 1. The van der Waals surface area contributed by atoms with Crippen LogP contribution in [0.5, 0.6) is 0 Å². The lowest BCUT2D eigenvalue weighted by Gasteiger charge is -2.32. The van der Waals surface area contributed by atoms with Crippen LogP contribution >= 0.6 is 11.6 Å². The molecular weight excluding hydrogens is 516 g/mol. The predicted molar refractivity (Wildman–Crippen MR) is 153 cm³/mol. The molecule has 1 saturated carbocycles. The molecule has 2 aliphatic rings. The molecule has 1 atom stereocenters. The number of nitrogens with zero attached hydrogens (tertiary/aromatic N) is 3. The Balaban J connectivity index is 1.33. The third-order valence-corrected chi connectivity index (χ3v) is 7.85. The molecule has 39 heavy (non-hydrogen) atoms. The Labute approximate surface area is 236 Å². The van der Waals surface area contributed by atoms with E-state index in [4.69, 9.17) is 26.1 Å². The summed E-state index contributed by atoms with van der Waals surface area (Å²) in [5.74, 6) is 1.32. The molecule has 1 unspecified atom stereocenters. The minimum absolute atomic E-state index is 0.0962. The van der Waals surface area contributed by atoms with Crippen molar-refractivity contribution in [1.82, 2.24) is 15.3 Å². The minimum Gasteiger partial charge on any atom is -0.466 e. The van der Waals surface area contributed by atoms with Gasteiger partial charge in [0.15, 0.2) is 0 Å². The van der Waals surface area contributed by atoms with Gasteiger partial charge in [-0.3, -0.25) is 4.79 Å². The van der Waals surface area contributed by atoms with Gasteiger partial charge in [-0.05, 0) is 70.6 Å². The smallest absolute Gasteiger partial charge is 0.307 e. The monoisotopic (exact) mass is 554 g/mol. The quantitative estimate of drug-likeness (QED) is 0.322. The number of hydrogen-bond donors (Lipinski definition) is 3. The molecule has 10 heteroatoms. The fourth-order valence-corrected chi connectivity index (χ4v) is 5.49. The molecule has 0 bridgehead atoms. The molecule has 1 aliphatic heterocycles. The second kappa shape index (κ2) is 13.9. The Hall–Kier alpha value is -2.93. The van der Waals surface area contributed by atoms with Crippen LogP contribution in [0.15, 0.2) is 30.5 Å². The number of pyridine rings is 2. The van der Waals surface area contributed by atoms with Crippen molar-refractivity contribution in [3.63, 3.8) is 0 Å². The normalized spacial score (nSPS) is 21.4. The highest BCUT2D eigenvalue weighted by molar-refractivity contribution is 6.33. The number of nitrogens with one attached hydrogen (secondary N) is 3. The van der Waals surface area contributed by atoms with E-state index in [-0.39, 0.29) is 12.0 Å². The van der Waals surface area contributed by atoms with Crippen LogP contribution in [0, 0.1) is 16.7 Å². The van der Waals surface area contributed by atoms with Crippen molar-refractivity contribution in [3.05, 3.63) is 35.5 Å². The molecule has 0 amide bonds. The van der Waals surface area contributed by atoms with Gasteiger partial charge in [-0.15, -0.1) is 0 Å². The number of rotatable bonds is 11. The lowest BCUT2D eigenvalue weighted by molar-refractivity contribution is -0.143. The molecule has 3 heterocycles. The van der Waals surface area contributed by atoms with E-state index in [9.17, 15) is 10.1 Å². The van der Waals surface area contributed by atoms with Crippen molar-refractivity contribution in [1.29, 1.82) is 5.26 Å². The van der Waals surface area contributed by atoms with Gasteiger partial charge in [0, 0.05) is 49.6 Å². The van der Waals surface area contributed by atoms with Crippen LogP contribution in [0.25, 0.3) is 11.3 Å². The maximum absolute atomic E-state index is 11.7. The first-order valence-electron chi connectivity index (χ1n) is 13.9. The van der Waals surface area contributed by atoms with Gasteiger partial charge < -0.3 is 25.4 Å². The van der Waals surface area contributed by atoms with Crippen LogP contribution < -0.4 is 16.0 Å². The second-order valence-corrected chi connectivity index (χ2v) is 11.0. The highest BCUT2D eigenvalue weighted by Gasteiger charge is 2.32. The van der Waals surface area contributed by atoms with Crippen molar-refractivity contribution < 1.29 is 14.3 Å². The zero-order valence-electron chi connectivity index (χ0n) is 22.8. The molecule has 4 rings (SSSR count). The van der Waals surface area contributed by atoms with Gasteiger partial charge in [0.2, 0.25) is 0 Å². The average Bonchev–Trinajstić information content (AvgIpc) is 2.95. The lowest BCUT2D eigenvalue weighted by Crippen LogP contribution is -2.42. The average molecular weight is 555 g/mol. The maximum Gasteiger partial charge on any atom is 0.307 e. The number of aromatic nitrogens is 2. The van der Waals surface area contributed by atoms with Gasteiger partial charge >= 0.3 is 5.97 Å². The molecule has 1 saturated heterocycles. The maximum atomic E-state index is 11.7. The van der Waals surface area contributed by atoms with Gasteiger partial charge in [0.25, 0.3) is 0 Å². The molecule has 210 valence electrons. The van der Waals surface area contributed by atoms with Crippen molar-refractivity contribution in [2.24, 2.45) is 5.41 Å². The number of nitriles is 1. The highest BCUT2D eigenvalue weighted by Crippen LogP contribution is 2.32. The van der Waals surface area contributed by atoms with Crippen molar-refractivity contribution in [2.75, 3.05) is 37.0 Å². The first-order chi connectivity index (χ1) is 18.9.